The number of pyridine rings is 1. The first-order valence-corrected chi connectivity index (χ1v) is 5.65. The number of aromatic nitrogens is 1. The molecule has 1 atom stereocenters. The Kier molecular flexibility index (Phi) is 3.71. The SMILES string of the molecule is NC(Cc1ccccc1Cl)c1ncccc1F. The third-order valence-corrected chi connectivity index (χ3v) is 2.90. The van der Waals surface area contributed by atoms with E-state index in [1.54, 1.807) is 12.1 Å². The molecule has 0 bridgehead atoms. The Bertz CT molecular complexity index is 516. The number of benzene rings is 1. The first kappa shape index (κ1) is 12.0. The molecule has 17 heavy (non-hydrogen) atoms. The molecule has 0 fully saturated rings. The molecule has 0 aliphatic heterocycles. The van der Waals surface area contributed by atoms with Gasteiger partial charge in [-0.2, -0.15) is 0 Å². The summed E-state index contributed by atoms with van der Waals surface area (Å²) in [5.41, 5.74) is 7.10. The Hall–Kier alpha value is -1.45. The van der Waals surface area contributed by atoms with E-state index in [1.165, 1.54) is 12.3 Å². The predicted octanol–water partition coefficient (Wildman–Crippen LogP) is 3.12. The van der Waals surface area contributed by atoms with Crippen LogP contribution in [0.15, 0.2) is 42.6 Å². The van der Waals surface area contributed by atoms with Crippen molar-refractivity contribution >= 4 is 11.6 Å². The van der Waals surface area contributed by atoms with Gasteiger partial charge in [-0.15, -0.1) is 0 Å². The normalized spacial score (nSPS) is 12.4. The second-order valence-electron chi connectivity index (χ2n) is 3.77. The van der Waals surface area contributed by atoms with Crippen LogP contribution in [-0.2, 0) is 6.42 Å². The number of nitrogens with zero attached hydrogens (tertiary/aromatic N) is 1. The minimum Gasteiger partial charge on any atom is -0.322 e. The summed E-state index contributed by atoms with van der Waals surface area (Å²) < 4.78 is 13.5. The highest BCUT2D eigenvalue weighted by atomic mass is 35.5. The second kappa shape index (κ2) is 5.25. The van der Waals surface area contributed by atoms with Crippen molar-refractivity contribution in [2.45, 2.75) is 12.5 Å². The predicted molar refractivity (Wildman–Crippen MR) is 66.3 cm³/mol. The molecule has 0 saturated carbocycles. The Morgan fingerprint density at radius 1 is 1.24 bits per heavy atom. The molecule has 1 heterocycles. The molecule has 0 aliphatic carbocycles. The summed E-state index contributed by atoms with van der Waals surface area (Å²) in [7, 11) is 0. The molecule has 88 valence electrons. The molecule has 1 unspecified atom stereocenters. The van der Waals surface area contributed by atoms with Gasteiger partial charge in [-0.3, -0.25) is 4.98 Å². The quantitative estimate of drug-likeness (QED) is 0.909. The van der Waals surface area contributed by atoms with Crippen molar-refractivity contribution in [2.75, 3.05) is 0 Å². The van der Waals surface area contributed by atoms with Crippen molar-refractivity contribution in [1.82, 2.24) is 4.98 Å². The van der Waals surface area contributed by atoms with Gasteiger partial charge in [0, 0.05) is 11.2 Å². The highest BCUT2D eigenvalue weighted by molar-refractivity contribution is 6.31. The molecule has 2 aromatic rings. The summed E-state index contributed by atoms with van der Waals surface area (Å²) in [6.45, 7) is 0. The van der Waals surface area contributed by atoms with E-state index < -0.39 is 6.04 Å². The van der Waals surface area contributed by atoms with Crippen LogP contribution in [0.1, 0.15) is 17.3 Å². The molecule has 2 N–H and O–H groups in total. The maximum atomic E-state index is 13.5. The molecule has 0 spiro atoms. The van der Waals surface area contributed by atoms with Gasteiger partial charge < -0.3 is 5.73 Å². The van der Waals surface area contributed by atoms with E-state index in [0.29, 0.717) is 11.4 Å². The lowest BCUT2D eigenvalue weighted by Gasteiger charge is -2.12. The van der Waals surface area contributed by atoms with Gasteiger partial charge in [0.1, 0.15) is 5.82 Å². The van der Waals surface area contributed by atoms with Crippen molar-refractivity contribution in [2.24, 2.45) is 5.73 Å². The molecule has 4 heteroatoms. The van der Waals surface area contributed by atoms with Gasteiger partial charge >= 0.3 is 0 Å². The Morgan fingerprint density at radius 2 is 2.00 bits per heavy atom. The van der Waals surface area contributed by atoms with Crippen LogP contribution in [0.2, 0.25) is 5.02 Å². The zero-order valence-electron chi connectivity index (χ0n) is 9.11. The lowest BCUT2D eigenvalue weighted by Crippen LogP contribution is -2.16. The Labute approximate surface area is 104 Å². The smallest absolute Gasteiger partial charge is 0.146 e. The van der Waals surface area contributed by atoms with Gasteiger partial charge in [-0.25, -0.2) is 4.39 Å². The Balaban J connectivity index is 2.20. The number of hydrogen-bond donors (Lipinski definition) is 1. The first-order valence-electron chi connectivity index (χ1n) is 5.28. The molecular weight excluding hydrogens is 239 g/mol. The van der Waals surface area contributed by atoms with Crippen LogP contribution in [0.5, 0.6) is 0 Å². The zero-order valence-corrected chi connectivity index (χ0v) is 9.86. The average molecular weight is 251 g/mol. The summed E-state index contributed by atoms with van der Waals surface area (Å²) in [6, 6.07) is 9.80. The molecule has 0 radical (unpaired) electrons. The second-order valence-corrected chi connectivity index (χ2v) is 4.18. The van der Waals surface area contributed by atoms with E-state index in [9.17, 15) is 4.39 Å². The van der Waals surface area contributed by atoms with Crippen LogP contribution in [-0.4, -0.2) is 4.98 Å². The highest BCUT2D eigenvalue weighted by Crippen LogP contribution is 2.22. The maximum Gasteiger partial charge on any atom is 0.146 e. The van der Waals surface area contributed by atoms with Crippen LogP contribution in [0, 0.1) is 5.82 Å². The van der Waals surface area contributed by atoms with Crippen LogP contribution in [0.3, 0.4) is 0 Å². The fourth-order valence-corrected chi connectivity index (χ4v) is 1.88. The van der Waals surface area contributed by atoms with Gasteiger partial charge in [0.05, 0.1) is 11.7 Å². The Morgan fingerprint density at radius 3 is 2.71 bits per heavy atom. The van der Waals surface area contributed by atoms with Gasteiger partial charge in [-0.1, -0.05) is 29.8 Å². The van der Waals surface area contributed by atoms with Gasteiger partial charge in [-0.05, 0) is 30.2 Å². The molecule has 0 amide bonds. The van der Waals surface area contributed by atoms with Crippen molar-refractivity contribution in [3.63, 3.8) is 0 Å². The summed E-state index contributed by atoms with van der Waals surface area (Å²) in [4.78, 5) is 3.96. The molecule has 1 aromatic heterocycles. The number of rotatable bonds is 3. The zero-order chi connectivity index (χ0) is 12.3. The molecule has 1 aromatic carbocycles. The lowest BCUT2D eigenvalue weighted by molar-refractivity contribution is 0.564. The van der Waals surface area contributed by atoms with E-state index in [1.807, 2.05) is 18.2 Å². The third-order valence-electron chi connectivity index (χ3n) is 2.54. The van der Waals surface area contributed by atoms with Crippen molar-refractivity contribution in [3.05, 3.63) is 64.7 Å². The van der Waals surface area contributed by atoms with E-state index in [4.69, 9.17) is 17.3 Å². The van der Waals surface area contributed by atoms with E-state index in [0.717, 1.165) is 5.56 Å². The van der Waals surface area contributed by atoms with Crippen LogP contribution < -0.4 is 5.73 Å². The fourth-order valence-electron chi connectivity index (χ4n) is 1.67. The van der Waals surface area contributed by atoms with Crippen LogP contribution in [0.4, 0.5) is 4.39 Å². The topological polar surface area (TPSA) is 38.9 Å². The molecular formula is C13H12ClFN2. The summed E-state index contributed by atoms with van der Waals surface area (Å²) in [5, 5.41) is 0.638. The number of nitrogens with two attached hydrogens (primary N) is 1. The number of halogens is 2. The molecule has 2 nitrogen and oxygen atoms in total. The minimum absolute atomic E-state index is 0.271. The van der Waals surface area contributed by atoms with Crippen LogP contribution in [0.25, 0.3) is 0 Å². The average Bonchev–Trinajstić information content (AvgIpc) is 2.32. The lowest BCUT2D eigenvalue weighted by atomic mass is 10.0. The van der Waals surface area contributed by atoms with Gasteiger partial charge in [0.15, 0.2) is 0 Å². The molecule has 2 rings (SSSR count). The largest absolute Gasteiger partial charge is 0.322 e. The van der Waals surface area contributed by atoms with E-state index in [-0.39, 0.29) is 11.5 Å². The standard InChI is InChI=1S/C13H12ClFN2/c14-10-5-2-1-4-9(10)8-12(16)13-11(15)6-3-7-17-13/h1-7,12H,8,16H2. The van der Waals surface area contributed by atoms with Crippen LogP contribution >= 0.6 is 11.6 Å². The van der Waals surface area contributed by atoms with E-state index >= 15 is 0 Å². The first-order chi connectivity index (χ1) is 8.18. The van der Waals surface area contributed by atoms with Gasteiger partial charge in [0.25, 0.3) is 0 Å². The van der Waals surface area contributed by atoms with Crippen molar-refractivity contribution in [1.29, 1.82) is 0 Å². The molecule has 0 aliphatic rings. The van der Waals surface area contributed by atoms with Gasteiger partial charge in [0.2, 0.25) is 0 Å². The number of hydrogen-bond acceptors (Lipinski definition) is 2. The monoisotopic (exact) mass is 250 g/mol. The summed E-state index contributed by atoms with van der Waals surface area (Å²) in [5.74, 6) is -0.382. The molecule has 0 saturated heterocycles. The van der Waals surface area contributed by atoms with Crippen molar-refractivity contribution < 1.29 is 4.39 Å². The third kappa shape index (κ3) is 2.81. The summed E-state index contributed by atoms with van der Waals surface area (Å²) in [6.07, 6.45) is 2.00. The maximum absolute atomic E-state index is 13.5. The summed E-state index contributed by atoms with van der Waals surface area (Å²) >= 11 is 6.03. The highest BCUT2D eigenvalue weighted by Gasteiger charge is 2.14. The van der Waals surface area contributed by atoms with E-state index in [2.05, 4.69) is 4.98 Å². The minimum atomic E-state index is -0.490. The van der Waals surface area contributed by atoms with Crippen molar-refractivity contribution in [3.8, 4) is 0 Å². The fraction of sp³-hybridized carbons (Fsp3) is 0.154.